The number of hydrogen-bond acceptors (Lipinski definition) is 4. The lowest BCUT2D eigenvalue weighted by Gasteiger charge is -2.32. The van der Waals surface area contributed by atoms with Gasteiger partial charge >= 0.3 is 6.09 Å². The number of amides is 1. The Morgan fingerprint density at radius 1 is 1.19 bits per heavy atom. The van der Waals surface area contributed by atoms with Crippen molar-refractivity contribution in [3.05, 3.63) is 35.4 Å². The maximum absolute atomic E-state index is 12.1. The Hall–Kier alpha value is -2.28. The van der Waals surface area contributed by atoms with E-state index in [0.717, 1.165) is 36.7 Å². The van der Waals surface area contributed by atoms with Crippen molar-refractivity contribution in [3.63, 3.8) is 0 Å². The van der Waals surface area contributed by atoms with E-state index in [1.165, 1.54) is 25.9 Å². The molecule has 7 nitrogen and oxygen atoms in total. The van der Waals surface area contributed by atoms with Crippen LogP contribution in [0.1, 0.15) is 58.6 Å². The monoisotopic (exact) mass is 445 g/mol. The van der Waals surface area contributed by atoms with Gasteiger partial charge in [-0.3, -0.25) is 0 Å². The third kappa shape index (κ3) is 9.47. The van der Waals surface area contributed by atoms with E-state index in [9.17, 15) is 4.79 Å². The quantitative estimate of drug-likeness (QED) is 0.470. The number of aliphatic imine (C=N–C) groups is 1. The van der Waals surface area contributed by atoms with Gasteiger partial charge < -0.3 is 25.2 Å². The molecule has 1 atom stereocenters. The summed E-state index contributed by atoms with van der Waals surface area (Å²) in [6.45, 7) is 16.4. The molecule has 32 heavy (non-hydrogen) atoms. The molecule has 7 heteroatoms. The van der Waals surface area contributed by atoms with Gasteiger partial charge in [0.05, 0.1) is 6.54 Å². The molecule has 1 saturated heterocycles. The summed E-state index contributed by atoms with van der Waals surface area (Å²) >= 11 is 0. The lowest BCUT2D eigenvalue weighted by atomic mass is 9.98. The number of likely N-dealkylation sites (tertiary alicyclic amines) is 1. The number of rotatable bonds is 8. The number of carbonyl (C=O) groups excluding carboxylic acids is 1. The number of benzene rings is 1. The van der Waals surface area contributed by atoms with Gasteiger partial charge in [0.15, 0.2) is 5.96 Å². The summed E-state index contributed by atoms with van der Waals surface area (Å²) in [7, 11) is 1.76. The first-order chi connectivity index (χ1) is 15.2. The largest absolute Gasteiger partial charge is 0.444 e. The highest BCUT2D eigenvalue weighted by molar-refractivity contribution is 5.79. The van der Waals surface area contributed by atoms with Crippen molar-refractivity contribution >= 4 is 12.1 Å². The lowest BCUT2D eigenvalue weighted by molar-refractivity contribution is 0.0285. The van der Waals surface area contributed by atoms with Gasteiger partial charge in [-0.1, -0.05) is 31.2 Å². The summed E-state index contributed by atoms with van der Waals surface area (Å²) in [6.07, 6.45) is 2.25. The van der Waals surface area contributed by atoms with E-state index in [4.69, 9.17) is 9.73 Å². The predicted octanol–water partition coefficient (Wildman–Crippen LogP) is 3.84. The number of piperidine rings is 1. The van der Waals surface area contributed by atoms with Gasteiger partial charge in [0, 0.05) is 33.2 Å². The molecule has 0 bridgehead atoms. The van der Waals surface area contributed by atoms with Gasteiger partial charge in [-0.05, 0) is 70.7 Å². The molecule has 1 aliphatic rings. The smallest absolute Gasteiger partial charge is 0.410 e. The SMILES string of the molecule is CCNC(=NCc1ccc(CN(C)C(=O)OC(C)(C)C)cc1)NCC1CCCN(CC)C1. The number of guanidine groups is 1. The zero-order chi connectivity index (χ0) is 23.6. The van der Waals surface area contributed by atoms with Crippen molar-refractivity contribution in [2.45, 2.75) is 66.2 Å². The van der Waals surface area contributed by atoms with Crippen LogP contribution in [0.25, 0.3) is 0 Å². The number of carbonyl (C=O) groups is 1. The van der Waals surface area contributed by atoms with Crippen LogP contribution in [0.15, 0.2) is 29.3 Å². The Kier molecular flexibility index (Phi) is 10.3. The molecule has 0 spiro atoms. The highest BCUT2D eigenvalue weighted by Crippen LogP contribution is 2.15. The van der Waals surface area contributed by atoms with Crippen molar-refractivity contribution < 1.29 is 9.53 Å². The Morgan fingerprint density at radius 2 is 1.88 bits per heavy atom. The van der Waals surface area contributed by atoms with Crippen LogP contribution < -0.4 is 10.6 Å². The Balaban J connectivity index is 1.86. The van der Waals surface area contributed by atoms with Gasteiger partial charge in [-0.2, -0.15) is 0 Å². The van der Waals surface area contributed by atoms with Crippen LogP contribution >= 0.6 is 0 Å². The van der Waals surface area contributed by atoms with Gasteiger partial charge in [-0.25, -0.2) is 9.79 Å². The molecule has 1 amide bonds. The first kappa shape index (κ1) is 26.0. The van der Waals surface area contributed by atoms with E-state index in [1.807, 2.05) is 32.9 Å². The molecule has 0 aromatic heterocycles. The average molecular weight is 446 g/mol. The second-order valence-electron chi connectivity index (χ2n) is 9.63. The minimum Gasteiger partial charge on any atom is -0.444 e. The maximum atomic E-state index is 12.1. The van der Waals surface area contributed by atoms with Gasteiger partial charge in [0.2, 0.25) is 0 Å². The molecule has 0 saturated carbocycles. The zero-order valence-electron chi connectivity index (χ0n) is 20.9. The van der Waals surface area contributed by atoms with Crippen molar-refractivity contribution in [3.8, 4) is 0 Å². The number of ether oxygens (including phenoxy) is 1. The number of nitrogens with one attached hydrogen (secondary N) is 2. The van der Waals surface area contributed by atoms with Crippen LogP contribution in [-0.4, -0.2) is 67.2 Å². The summed E-state index contributed by atoms with van der Waals surface area (Å²) in [5.41, 5.74) is 1.72. The number of hydrogen-bond donors (Lipinski definition) is 2. The minimum atomic E-state index is -0.488. The molecule has 1 fully saturated rings. The van der Waals surface area contributed by atoms with E-state index < -0.39 is 5.60 Å². The summed E-state index contributed by atoms with van der Waals surface area (Å²) in [6, 6.07) is 8.25. The third-order valence-corrected chi connectivity index (χ3v) is 5.52. The molecule has 1 aromatic rings. The van der Waals surface area contributed by atoms with Crippen LogP contribution in [0.5, 0.6) is 0 Å². The van der Waals surface area contributed by atoms with E-state index >= 15 is 0 Å². The molecule has 2 N–H and O–H groups in total. The first-order valence-corrected chi connectivity index (χ1v) is 12.0. The van der Waals surface area contributed by atoms with Gasteiger partial charge in [0.25, 0.3) is 0 Å². The van der Waals surface area contributed by atoms with Crippen molar-refractivity contribution in [1.29, 1.82) is 0 Å². The van der Waals surface area contributed by atoms with E-state index in [0.29, 0.717) is 19.0 Å². The molecular weight excluding hydrogens is 402 g/mol. The van der Waals surface area contributed by atoms with Crippen LogP contribution in [0.4, 0.5) is 4.79 Å². The molecule has 1 heterocycles. The molecule has 2 rings (SSSR count). The van der Waals surface area contributed by atoms with Crippen LogP contribution in [-0.2, 0) is 17.8 Å². The first-order valence-electron chi connectivity index (χ1n) is 12.0. The van der Waals surface area contributed by atoms with Crippen LogP contribution in [0.3, 0.4) is 0 Å². The van der Waals surface area contributed by atoms with Crippen LogP contribution in [0, 0.1) is 5.92 Å². The molecule has 1 unspecified atom stereocenters. The zero-order valence-corrected chi connectivity index (χ0v) is 20.9. The minimum absolute atomic E-state index is 0.312. The fourth-order valence-electron chi connectivity index (χ4n) is 3.79. The van der Waals surface area contributed by atoms with Crippen LogP contribution in [0.2, 0.25) is 0 Å². The second kappa shape index (κ2) is 12.7. The number of nitrogens with zero attached hydrogens (tertiary/aromatic N) is 3. The normalized spacial score (nSPS) is 17.7. The summed E-state index contributed by atoms with van der Waals surface area (Å²) in [5, 5.41) is 6.88. The molecule has 0 aliphatic carbocycles. The standard InChI is InChI=1S/C25H43N5O2/c1-7-26-23(28-17-22-10-9-15-30(8-2)19-22)27-16-20-11-13-21(14-12-20)18-29(6)24(31)32-25(3,4)5/h11-14,22H,7-10,15-19H2,1-6H3,(H2,26,27,28). The summed E-state index contributed by atoms with van der Waals surface area (Å²) in [5.74, 6) is 1.55. The molecule has 1 aliphatic heterocycles. The molecule has 1 aromatic carbocycles. The summed E-state index contributed by atoms with van der Waals surface area (Å²) < 4.78 is 5.41. The highest BCUT2D eigenvalue weighted by atomic mass is 16.6. The topological polar surface area (TPSA) is 69.2 Å². The average Bonchev–Trinajstić information content (AvgIpc) is 2.75. The third-order valence-electron chi connectivity index (χ3n) is 5.52. The van der Waals surface area contributed by atoms with Gasteiger partial charge in [0.1, 0.15) is 5.60 Å². The fourth-order valence-corrected chi connectivity index (χ4v) is 3.79. The van der Waals surface area contributed by atoms with E-state index in [2.05, 4.69) is 41.5 Å². The molecule has 0 radical (unpaired) electrons. The highest BCUT2D eigenvalue weighted by Gasteiger charge is 2.20. The Bertz CT molecular complexity index is 727. The second-order valence-corrected chi connectivity index (χ2v) is 9.63. The van der Waals surface area contributed by atoms with Gasteiger partial charge in [-0.15, -0.1) is 0 Å². The predicted molar refractivity (Wildman–Crippen MR) is 132 cm³/mol. The maximum Gasteiger partial charge on any atom is 0.410 e. The van der Waals surface area contributed by atoms with Crippen molar-refractivity contribution in [2.75, 3.05) is 39.8 Å². The Labute approximate surface area is 194 Å². The fraction of sp³-hybridized carbons (Fsp3) is 0.680. The van der Waals surface area contributed by atoms with E-state index in [-0.39, 0.29) is 6.09 Å². The summed E-state index contributed by atoms with van der Waals surface area (Å²) in [4.78, 5) is 21.0. The van der Waals surface area contributed by atoms with Crippen molar-refractivity contribution in [1.82, 2.24) is 20.4 Å². The van der Waals surface area contributed by atoms with Crippen molar-refractivity contribution in [2.24, 2.45) is 10.9 Å². The molecule has 180 valence electrons. The lowest BCUT2D eigenvalue weighted by Crippen LogP contribution is -2.44. The Morgan fingerprint density at radius 3 is 2.50 bits per heavy atom. The van der Waals surface area contributed by atoms with E-state index in [1.54, 1.807) is 11.9 Å². The molecular formula is C25H43N5O2.